The molecular weight excluding hydrogens is 762 g/mol. The van der Waals surface area contributed by atoms with Crippen LogP contribution in [0.4, 0.5) is 5.69 Å². The molecule has 0 fully saturated rings. The van der Waals surface area contributed by atoms with E-state index in [4.69, 9.17) is 23.7 Å². The zero-order valence-corrected chi connectivity index (χ0v) is 31.2. The number of fused-ring (bicyclic) bond motifs is 1. The molecule has 5 rings (SSSR count). The Kier molecular flexibility index (Phi) is 12.1. The highest BCUT2D eigenvalue weighted by Gasteiger charge is 2.34. The van der Waals surface area contributed by atoms with Crippen LogP contribution < -0.4 is 33.8 Å². The molecule has 0 unspecified atom stereocenters. The second kappa shape index (κ2) is 16.7. The van der Waals surface area contributed by atoms with Gasteiger partial charge in [0.05, 0.1) is 54.2 Å². The molecule has 14 nitrogen and oxygen atoms in total. The van der Waals surface area contributed by atoms with Crippen molar-refractivity contribution in [1.82, 2.24) is 4.57 Å². The van der Waals surface area contributed by atoms with E-state index < -0.39 is 28.5 Å². The zero-order valence-electron chi connectivity index (χ0n) is 28.8. The Bertz CT molecular complexity index is 2230. The molecule has 1 aliphatic heterocycles. The fourth-order valence-electron chi connectivity index (χ4n) is 5.40. The van der Waals surface area contributed by atoms with Crippen LogP contribution in [-0.4, -0.2) is 55.5 Å². The van der Waals surface area contributed by atoms with Crippen LogP contribution in [-0.2, 0) is 25.7 Å². The molecule has 3 aromatic carbocycles. The van der Waals surface area contributed by atoms with Crippen molar-refractivity contribution in [2.24, 2.45) is 4.99 Å². The fraction of sp³-hybridized carbons (Fsp3) is 0.278. The molecule has 0 bridgehead atoms. The second-order valence-electron chi connectivity index (χ2n) is 11.0. The Labute approximate surface area is 309 Å². The van der Waals surface area contributed by atoms with Gasteiger partial charge in [-0.1, -0.05) is 33.3 Å². The van der Waals surface area contributed by atoms with Crippen molar-refractivity contribution < 1.29 is 42.9 Å². The van der Waals surface area contributed by atoms with Crippen molar-refractivity contribution in [2.75, 3.05) is 34.0 Å². The first-order valence-corrected chi connectivity index (χ1v) is 17.5. The zero-order chi connectivity index (χ0) is 37.5. The number of benzene rings is 3. The summed E-state index contributed by atoms with van der Waals surface area (Å²) in [5, 5.41) is 11.1. The summed E-state index contributed by atoms with van der Waals surface area (Å²) >= 11 is 4.63. The Morgan fingerprint density at radius 2 is 1.75 bits per heavy atom. The summed E-state index contributed by atoms with van der Waals surface area (Å²) in [6.07, 6.45) is 1.65. The lowest BCUT2D eigenvalue weighted by atomic mass is 9.95. The average Bonchev–Trinajstić information content (AvgIpc) is 3.43. The minimum atomic E-state index is -0.957. The minimum absolute atomic E-state index is 0.0438. The molecule has 0 saturated carbocycles. The topological polar surface area (TPSA) is 167 Å². The van der Waals surface area contributed by atoms with Gasteiger partial charge < -0.3 is 28.4 Å². The van der Waals surface area contributed by atoms with Crippen LogP contribution in [0.3, 0.4) is 0 Å². The van der Waals surface area contributed by atoms with Crippen molar-refractivity contribution in [3.8, 4) is 23.0 Å². The van der Waals surface area contributed by atoms with Crippen molar-refractivity contribution in [3.05, 3.63) is 117 Å². The number of hydrogen-bond acceptors (Lipinski definition) is 13. The number of esters is 2. The Morgan fingerprint density at radius 3 is 2.40 bits per heavy atom. The number of nitro groups is 1. The first-order valence-electron chi connectivity index (χ1n) is 15.9. The van der Waals surface area contributed by atoms with Gasteiger partial charge in [0.2, 0.25) is 0 Å². The number of nitro benzene ring substituents is 1. The number of carbonyl (C=O) groups excluding carboxylic acids is 2. The van der Waals surface area contributed by atoms with Crippen LogP contribution in [0.25, 0.3) is 6.08 Å². The van der Waals surface area contributed by atoms with E-state index in [1.54, 1.807) is 69.3 Å². The van der Waals surface area contributed by atoms with Gasteiger partial charge in [0.15, 0.2) is 34.4 Å². The van der Waals surface area contributed by atoms with Crippen LogP contribution in [0.2, 0.25) is 0 Å². The van der Waals surface area contributed by atoms with Crippen molar-refractivity contribution >= 4 is 51.0 Å². The molecule has 0 N–H and O–H groups in total. The molecule has 0 spiro atoms. The van der Waals surface area contributed by atoms with Gasteiger partial charge in [-0.25, -0.2) is 14.6 Å². The van der Waals surface area contributed by atoms with E-state index in [-0.39, 0.29) is 48.0 Å². The first-order chi connectivity index (χ1) is 25.0. The van der Waals surface area contributed by atoms with Crippen molar-refractivity contribution in [2.45, 2.75) is 33.4 Å². The monoisotopic (exact) mass is 795 g/mol. The number of nitrogens with zero attached hydrogens (tertiary/aromatic N) is 3. The molecule has 4 aromatic rings. The standard InChI is InChI=1S/C36H34BrN3O11S/c1-6-48-27-15-22(10-13-26(27)50-19-30(41)47-5)32-31(35(43)49-7-2)20(3)38-36-39(32)34(42)29(52-36)16-23-14-24(37)17-28(46-4)33(23)51-18-21-8-11-25(12-9-21)40(44)45/h8-17,32H,6-7,18-19H2,1-5H3/b29-16+/t32-/m0/s1. The van der Waals surface area contributed by atoms with E-state index in [9.17, 15) is 24.5 Å². The SMILES string of the molecule is CCOC(=O)C1=C(C)N=c2s/c(=C/c3cc(Br)cc(OC)c3OCc3ccc([N+](=O)[O-])cc3)c(=O)n2[C@H]1c1ccc(OCC(=O)OC)c(OCC)c1. The van der Waals surface area contributed by atoms with Crippen LogP contribution in [0.15, 0.2) is 80.1 Å². The molecule has 1 aromatic heterocycles. The third kappa shape index (κ3) is 8.18. The predicted octanol–water partition coefficient (Wildman–Crippen LogP) is 5.01. The van der Waals surface area contributed by atoms with Gasteiger partial charge in [-0.3, -0.25) is 19.5 Å². The third-order valence-electron chi connectivity index (χ3n) is 7.76. The van der Waals surface area contributed by atoms with Crippen molar-refractivity contribution in [1.29, 1.82) is 0 Å². The molecule has 1 atom stereocenters. The first kappa shape index (κ1) is 37.8. The highest BCUT2D eigenvalue weighted by Crippen LogP contribution is 2.38. The van der Waals surface area contributed by atoms with Crippen LogP contribution in [0, 0.1) is 10.1 Å². The van der Waals surface area contributed by atoms with E-state index in [2.05, 4.69) is 25.7 Å². The molecule has 2 heterocycles. The molecule has 52 heavy (non-hydrogen) atoms. The van der Waals surface area contributed by atoms with Crippen LogP contribution >= 0.6 is 27.3 Å². The maximum atomic E-state index is 14.4. The number of non-ortho nitro benzene ring substituents is 1. The van der Waals surface area contributed by atoms with Crippen LogP contribution in [0.5, 0.6) is 23.0 Å². The number of allylic oxidation sites excluding steroid dienone is 1. The number of halogens is 1. The maximum Gasteiger partial charge on any atom is 0.343 e. The highest BCUT2D eigenvalue weighted by molar-refractivity contribution is 9.10. The quantitative estimate of drug-likeness (QED) is 0.0957. The lowest BCUT2D eigenvalue weighted by Crippen LogP contribution is -2.40. The molecule has 0 saturated heterocycles. The Hall–Kier alpha value is -5.48. The van der Waals surface area contributed by atoms with E-state index in [1.165, 1.54) is 30.9 Å². The van der Waals surface area contributed by atoms with Gasteiger partial charge in [0, 0.05) is 22.2 Å². The van der Waals surface area contributed by atoms with Gasteiger partial charge >= 0.3 is 11.9 Å². The molecule has 0 aliphatic carbocycles. The summed E-state index contributed by atoms with van der Waals surface area (Å²) in [5.41, 5.74) is 1.75. The number of thiazole rings is 1. The number of rotatable bonds is 14. The summed E-state index contributed by atoms with van der Waals surface area (Å²) in [6.45, 7) is 5.23. The van der Waals surface area contributed by atoms with Gasteiger partial charge in [-0.2, -0.15) is 0 Å². The smallest absolute Gasteiger partial charge is 0.343 e. The number of methoxy groups -OCH3 is 2. The summed E-state index contributed by atoms with van der Waals surface area (Å²) in [5.74, 6) is 0.0624. The molecule has 1 aliphatic rings. The third-order valence-corrected chi connectivity index (χ3v) is 9.20. The lowest BCUT2D eigenvalue weighted by Gasteiger charge is -2.25. The van der Waals surface area contributed by atoms with Gasteiger partial charge in [0.25, 0.3) is 11.2 Å². The van der Waals surface area contributed by atoms with E-state index in [1.807, 2.05) is 0 Å². The molecule has 0 radical (unpaired) electrons. The second-order valence-corrected chi connectivity index (χ2v) is 13.0. The summed E-state index contributed by atoms with van der Waals surface area (Å²) < 4.78 is 35.8. The van der Waals surface area contributed by atoms with E-state index >= 15 is 0 Å². The van der Waals surface area contributed by atoms with Gasteiger partial charge in [0.1, 0.15) is 6.61 Å². The van der Waals surface area contributed by atoms with Crippen LogP contribution in [0.1, 0.15) is 43.5 Å². The summed E-state index contributed by atoms with van der Waals surface area (Å²) in [6, 6.07) is 13.4. The predicted molar refractivity (Wildman–Crippen MR) is 194 cm³/mol. The summed E-state index contributed by atoms with van der Waals surface area (Å²) in [4.78, 5) is 55.2. The van der Waals surface area contributed by atoms with E-state index in [0.717, 1.165) is 11.3 Å². The molecular formula is C36H34BrN3O11S. The molecule has 0 amide bonds. The molecule has 16 heteroatoms. The van der Waals surface area contributed by atoms with Gasteiger partial charge in [-0.05, 0) is 74.4 Å². The average molecular weight is 797 g/mol. The fourth-order valence-corrected chi connectivity index (χ4v) is 6.89. The summed E-state index contributed by atoms with van der Waals surface area (Å²) in [7, 11) is 2.74. The van der Waals surface area contributed by atoms with Crippen molar-refractivity contribution in [3.63, 3.8) is 0 Å². The van der Waals surface area contributed by atoms with E-state index in [0.29, 0.717) is 48.9 Å². The maximum absolute atomic E-state index is 14.4. The number of aromatic nitrogens is 1. The largest absolute Gasteiger partial charge is 0.493 e. The molecule has 272 valence electrons. The minimum Gasteiger partial charge on any atom is -0.493 e. The Balaban J connectivity index is 1.63. The Morgan fingerprint density at radius 1 is 1.00 bits per heavy atom. The number of hydrogen-bond donors (Lipinski definition) is 0. The number of carbonyl (C=O) groups is 2. The normalized spacial score (nSPS) is 13.9. The van der Waals surface area contributed by atoms with Gasteiger partial charge in [-0.15, -0.1) is 0 Å². The lowest BCUT2D eigenvalue weighted by molar-refractivity contribution is -0.384. The number of ether oxygens (including phenoxy) is 6. The highest BCUT2D eigenvalue weighted by atomic mass is 79.9.